The molecule has 1 aromatic rings. The predicted octanol–water partition coefficient (Wildman–Crippen LogP) is -1.83. The van der Waals surface area contributed by atoms with E-state index in [0.29, 0.717) is 0 Å². The first-order valence-electron chi connectivity index (χ1n) is 2.79. The summed E-state index contributed by atoms with van der Waals surface area (Å²) in [6.07, 6.45) is 0. The van der Waals surface area contributed by atoms with Gasteiger partial charge in [-0.1, -0.05) is 5.16 Å². The van der Waals surface area contributed by atoms with Crippen molar-refractivity contribution in [3.05, 3.63) is 38.4 Å². The lowest BCUT2D eigenvalue weighted by Crippen LogP contribution is -2.46. The smallest absolute Gasteiger partial charge is 0.205 e. The molecule has 1 aromatic carbocycles. The van der Waals surface area contributed by atoms with Crippen molar-refractivity contribution in [3.8, 4) is 0 Å². The Kier molecular flexibility index (Phi) is 1.63. The molecule has 0 spiro atoms. The topological polar surface area (TPSA) is 97.4 Å². The highest BCUT2D eigenvalue weighted by atomic mass is 16.4. The molecule has 1 rings (SSSR count). The van der Waals surface area contributed by atoms with Crippen molar-refractivity contribution in [3.63, 3.8) is 0 Å². The molecule has 56 valence electrons. The average molecular weight is 151 g/mol. The van der Waals surface area contributed by atoms with Crippen LogP contribution in [-0.4, -0.2) is 5.21 Å². The second-order valence-corrected chi connectivity index (χ2v) is 1.93. The molecule has 0 saturated heterocycles. The SMILES string of the molecule is N=c1c(=O)ccc(=NO)c1=N. The van der Waals surface area contributed by atoms with Crippen molar-refractivity contribution in [1.29, 1.82) is 10.8 Å². The van der Waals surface area contributed by atoms with Crippen molar-refractivity contribution in [1.82, 2.24) is 0 Å². The molecule has 0 aliphatic heterocycles. The second-order valence-electron chi connectivity index (χ2n) is 1.93. The third-order valence-corrected chi connectivity index (χ3v) is 1.25. The van der Waals surface area contributed by atoms with Gasteiger partial charge in [-0.25, -0.2) is 0 Å². The number of nitrogens with one attached hydrogen (secondary N) is 2. The number of benzene rings is 1. The number of nitrogens with zero attached hydrogens (tertiary/aromatic N) is 1. The van der Waals surface area contributed by atoms with Crippen molar-refractivity contribution < 1.29 is 5.21 Å². The fraction of sp³-hybridized carbons (Fsp3) is 0. The van der Waals surface area contributed by atoms with Gasteiger partial charge in [0.25, 0.3) is 0 Å². The summed E-state index contributed by atoms with van der Waals surface area (Å²) < 4.78 is 0. The average Bonchev–Trinajstić information content (AvgIpc) is 2.01. The molecule has 0 aliphatic carbocycles. The Morgan fingerprint density at radius 2 is 1.91 bits per heavy atom. The zero-order chi connectivity index (χ0) is 8.43. The van der Waals surface area contributed by atoms with E-state index in [0.717, 1.165) is 6.07 Å². The van der Waals surface area contributed by atoms with Crippen LogP contribution in [0.1, 0.15) is 0 Å². The van der Waals surface area contributed by atoms with E-state index in [1.165, 1.54) is 6.07 Å². The molecule has 5 nitrogen and oxygen atoms in total. The van der Waals surface area contributed by atoms with Crippen LogP contribution >= 0.6 is 0 Å². The molecule has 0 fully saturated rings. The zero-order valence-electron chi connectivity index (χ0n) is 5.46. The first kappa shape index (κ1) is 7.33. The summed E-state index contributed by atoms with van der Waals surface area (Å²) in [6.45, 7) is 0. The highest BCUT2D eigenvalue weighted by molar-refractivity contribution is 4.98. The van der Waals surface area contributed by atoms with E-state index in [4.69, 9.17) is 16.0 Å². The van der Waals surface area contributed by atoms with Crippen LogP contribution in [-0.2, 0) is 0 Å². The first-order chi connectivity index (χ1) is 5.16. The largest absolute Gasteiger partial charge is 0.410 e. The van der Waals surface area contributed by atoms with Crippen LogP contribution in [0.2, 0.25) is 0 Å². The number of rotatable bonds is 0. The van der Waals surface area contributed by atoms with E-state index in [1.54, 1.807) is 0 Å². The summed E-state index contributed by atoms with van der Waals surface area (Å²) in [5.41, 5.74) is -0.539. The van der Waals surface area contributed by atoms with Crippen LogP contribution in [0, 0.1) is 10.8 Å². The lowest BCUT2D eigenvalue weighted by Gasteiger charge is -1.80. The molecule has 0 aliphatic rings. The highest BCUT2D eigenvalue weighted by Gasteiger charge is 1.92. The fourth-order valence-electron chi connectivity index (χ4n) is 0.656. The minimum absolute atomic E-state index is 0.0606. The Morgan fingerprint density at radius 1 is 1.27 bits per heavy atom. The molecule has 3 N–H and O–H groups in total. The van der Waals surface area contributed by atoms with Crippen LogP contribution in [0.5, 0.6) is 0 Å². The maximum Gasteiger partial charge on any atom is 0.205 e. The molecule has 0 amide bonds. The molecule has 0 radical (unpaired) electrons. The molecular formula is C6H5N3O2. The monoisotopic (exact) mass is 151 g/mol. The molecule has 0 atom stereocenters. The summed E-state index contributed by atoms with van der Waals surface area (Å²) in [6, 6.07) is 2.29. The summed E-state index contributed by atoms with van der Waals surface area (Å²) in [5.74, 6) is 0. The van der Waals surface area contributed by atoms with E-state index in [1.807, 2.05) is 0 Å². The van der Waals surface area contributed by atoms with Gasteiger partial charge >= 0.3 is 0 Å². The summed E-state index contributed by atoms with van der Waals surface area (Å²) in [7, 11) is 0. The van der Waals surface area contributed by atoms with E-state index >= 15 is 0 Å². The molecular weight excluding hydrogens is 146 g/mol. The van der Waals surface area contributed by atoms with Gasteiger partial charge in [0.15, 0.2) is 0 Å². The molecule has 11 heavy (non-hydrogen) atoms. The minimum Gasteiger partial charge on any atom is -0.410 e. The third kappa shape index (κ3) is 1.07. The molecule has 0 bridgehead atoms. The fourth-order valence-corrected chi connectivity index (χ4v) is 0.656. The van der Waals surface area contributed by atoms with Crippen LogP contribution in [0.25, 0.3) is 0 Å². The standard InChI is InChI=1S/C6H5N3O2/c7-5-3(9-11)1-2-4(10)6(5)8/h1-2,7-8,11H. The van der Waals surface area contributed by atoms with Crippen LogP contribution in [0.4, 0.5) is 0 Å². The van der Waals surface area contributed by atoms with Gasteiger partial charge in [0, 0.05) is 0 Å². The normalized spacial score (nSPS) is 11.8. The maximum atomic E-state index is 10.7. The van der Waals surface area contributed by atoms with Crippen LogP contribution in [0.15, 0.2) is 22.1 Å². The Balaban J connectivity index is 3.95. The highest BCUT2D eigenvalue weighted by Crippen LogP contribution is 1.52. The van der Waals surface area contributed by atoms with Crippen molar-refractivity contribution in [2.45, 2.75) is 0 Å². The van der Waals surface area contributed by atoms with Gasteiger partial charge < -0.3 is 5.21 Å². The molecule has 0 aromatic heterocycles. The Morgan fingerprint density at radius 3 is 2.45 bits per heavy atom. The number of hydrogen-bond donors (Lipinski definition) is 3. The summed E-state index contributed by atoms with van der Waals surface area (Å²) >= 11 is 0. The zero-order valence-corrected chi connectivity index (χ0v) is 5.46. The van der Waals surface area contributed by atoms with Crippen molar-refractivity contribution in [2.75, 3.05) is 0 Å². The van der Waals surface area contributed by atoms with Gasteiger partial charge in [-0.3, -0.25) is 15.6 Å². The van der Waals surface area contributed by atoms with Crippen molar-refractivity contribution >= 4 is 0 Å². The van der Waals surface area contributed by atoms with E-state index in [9.17, 15) is 4.79 Å². The van der Waals surface area contributed by atoms with Crippen LogP contribution < -0.4 is 21.5 Å². The second kappa shape index (κ2) is 2.45. The van der Waals surface area contributed by atoms with Gasteiger partial charge in [0.05, 0.1) is 0 Å². The quantitative estimate of drug-likeness (QED) is 0.300. The van der Waals surface area contributed by atoms with Gasteiger partial charge in [-0.2, -0.15) is 0 Å². The minimum atomic E-state index is -0.539. The molecule has 5 heteroatoms. The van der Waals surface area contributed by atoms with E-state index < -0.39 is 10.8 Å². The Hall–Kier alpha value is -1.78. The predicted molar refractivity (Wildman–Crippen MR) is 34.1 cm³/mol. The van der Waals surface area contributed by atoms with Gasteiger partial charge in [-0.15, -0.1) is 0 Å². The van der Waals surface area contributed by atoms with Gasteiger partial charge in [-0.05, 0) is 12.1 Å². The van der Waals surface area contributed by atoms with E-state index in [2.05, 4.69) is 5.16 Å². The number of hydrogen-bond acceptors (Lipinski definition) is 5. The summed E-state index contributed by atoms with van der Waals surface area (Å²) in [4.78, 5) is 10.7. The Labute approximate surface area is 60.6 Å². The van der Waals surface area contributed by atoms with Crippen molar-refractivity contribution in [2.24, 2.45) is 5.16 Å². The first-order valence-corrected chi connectivity index (χ1v) is 2.79. The molecule has 0 saturated carbocycles. The lowest BCUT2D eigenvalue weighted by atomic mass is 10.3. The van der Waals surface area contributed by atoms with E-state index in [-0.39, 0.29) is 10.7 Å². The van der Waals surface area contributed by atoms with Gasteiger partial charge in [0.2, 0.25) is 5.43 Å². The Bertz CT molecular complexity index is 468. The third-order valence-electron chi connectivity index (χ3n) is 1.25. The summed E-state index contributed by atoms with van der Waals surface area (Å²) in [5, 5.41) is 24.2. The van der Waals surface area contributed by atoms with Gasteiger partial charge in [0.1, 0.15) is 16.1 Å². The lowest BCUT2D eigenvalue weighted by molar-refractivity contribution is 0.300. The molecule has 0 heterocycles. The van der Waals surface area contributed by atoms with Crippen LogP contribution in [0.3, 0.4) is 0 Å². The molecule has 0 unspecified atom stereocenters. The maximum absolute atomic E-state index is 10.7.